The van der Waals surface area contributed by atoms with Crippen molar-refractivity contribution in [3.63, 3.8) is 0 Å². The van der Waals surface area contributed by atoms with Crippen molar-refractivity contribution in [3.8, 4) is 0 Å². The summed E-state index contributed by atoms with van der Waals surface area (Å²) in [6.07, 6.45) is 3.45. The van der Waals surface area contributed by atoms with Crippen LogP contribution in [-0.4, -0.2) is 43.5 Å². The second-order valence-electron chi connectivity index (χ2n) is 5.78. The lowest BCUT2D eigenvalue weighted by Crippen LogP contribution is -2.38. The van der Waals surface area contributed by atoms with Gasteiger partial charge in [-0.25, -0.2) is 0 Å². The Hall–Kier alpha value is -0.620. The molecule has 1 atom stereocenters. The third-order valence-electron chi connectivity index (χ3n) is 3.96. The third kappa shape index (κ3) is 5.88. The lowest BCUT2D eigenvalue weighted by molar-refractivity contribution is -0.117. The Kier molecular flexibility index (Phi) is 8.39. The van der Waals surface area contributed by atoms with Crippen LogP contribution in [-0.2, 0) is 4.79 Å². The van der Waals surface area contributed by atoms with Gasteiger partial charge in [0.15, 0.2) is 0 Å². The smallest absolute Gasteiger partial charge is 0.238 e. The van der Waals surface area contributed by atoms with E-state index in [1.807, 2.05) is 32.2 Å². The number of nitrogens with zero attached hydrogens (tertiary/aromatic N) is 1. The predicted octanol–water partition coefficient (Wildman–Crippen LogP) is 3.19. The summed E-state index contributed by atoms with van der Waals surface area (Å²) >= 11 is 3.49. The van der Waals surface area contributed by atoms with E-state index in [2.05, 4.69) is 31.5 Å². The highest BCUT2D eigenvalue weighted by molar-refractivity contribution is 9.10. The highest BCUT2D eigenvalue weighted by atomic mass is 79.9. The first-order valence-electron chi connectivity index (χ1n) is 7.53. The number of benzene rings is 1. The standard InChI is InChI=1S/C16H24BrN3O.ClH/c1-12-5-6-15(14(17)10-12)19-16(21)11-20(2)13-4-3-8-18-9-7-13;/h5-6,10,13,18H,3-4,7-9,11H2,1-2H3,(H,19,21);1H. The Balaban J connectivity index is 0.00000242. The summed E-state index contributed by atoms with van der Waals surface area (Å²) in [4.78, 5) is 14.4. The molecule has 124 valence electrons. The summed E-state index contributed by atoms with van der Waals surface area (Å²) in [6.45, 7) is 4.60. The number of carbonyl (C=O) groups is 1. The van der Waals surface area contributed by atoms with Gasteiger partial charge >= 0.3 is 0 Å². The number of hydrogen-bond donors (Lipinski definition) is 2. The Morgan fingerprint density at radius 1 is 1.41 bits per heavy atom. The van der Waals surface area contributed by atoms with E-state index in [9.17, 15) is 4.79 Å². The molecule has 0 aliphatic carbocycles. The second kappa shape index (κ2) is 9.50. The average molecular weight is 391 g/mol. The van der Waals surface area contributed by atoms with Gasteiger partial charge in [-0.15, -0.1) is 12.4 Å². The van der Waals surface area contributed by atoms with Crippen molar-refractivity contribution in [1.29, 1.82) is 0 Å². The summed E-state index contributed by atoms with van der Waals surface area (Å²) in [5.41, 5.74) is 2.00. The molecule has 0 radical (unpaired) electrons. The van der Waals surface area contributed by atoms with Crippen molar-refractivity contribution in [2.75, 3.05) is 32.0 Å². The Morgan fingerprint density at radius 2 is 2.18 bits per heavy atom. The Bertz CT molecular complexity index is 490. The average Bonchev–Trinajstić information content (AvgIpc) is 2.71. The van der Waals surface area contributed by atoms with Crippen LogP contribution in [0.4, 0.5) is 5.69 Å². The minimum absolute atomic E-state index is 0. The van der Waals surface area contributed by atoms with Crippen molar-refractivity contribution < 1.29 is 4.79 Å². The molecule has 22 heavy (non-hydrogen) atoms. The van der Waals surface area contributed by atoms with Crippen LogP contribution in [0, 0.1) is 6.92 Å². The zero-order valence-electron chi connectivity index (χ0n) is 13.2. The predicted molar refractivity (Wildman–Crippen MR) is 97.9 cm³/mol. The van der Waals surface area contributed by atoms with Gasteiger partial charge in [-0.2, -0.15) is 0 Å². The van der Waals surface area contributed by atoms with E-state index in [0.717, 1.165) is 36.1 Å². The molecule has 0 saturated carbocycles. The number of hydrogen-bond acceptors (Lipinski definition) is 3. The van der Waals surface area contributed by atoms with E-state index >= 15 is 0 Å². The second-order valence-corrected chi connectivity index (χ2v) is 6.64. The van der Waals surface area contributed by atoms with Gasteiger partial charge in [-0.1, -0.05) is 6.07 Å². The van der Waals surface area contributed by atoms with E-state index in [1.54, 1.807) is 0 Å². The van der Waals surface area contributed by atoms with Crippen LogP contribution in [0.15, 0.2) is 22.7 Å². The quantitative estimate of drug-likeness (QED) is 0.830. The third-order valence-corrected chi connectivity index (χ3v) is 4.62. The van der Waals surface area contributed by atoms with Crippen molar-refractivity contribution in [2.45, 2.75) is 32.2 Å². The number of carbonyl (C=O) groups excluding carboxylic acids is 1. The number of amides is 1. The zero-order valence-corrected chi connectivity index (χ0v) is 15.6. The van der Waals surface area contributed by atoms with Crippen molar-refractivity contribution in [2.24, 2.45) is 0 Å². The van der Waals surface area contributed by atoms with Crippen molar-refractivity contribution in [3.05, 3.63) is 28.2 Å². The number of halogens is 2. The Morgan fingerprint density at radius 3 is 2.91 bits per heavy atom. The summed E-state index contributed by atoms with van der Waals surface area (Å²) in [5.74, 6) is 0.0410. The van der Waals surface area contributed by atoms with Gasteiger partial charge in [0.1, 0.15) is 0 Å². The number of nitrogens with one attached hydrogen (secondary N) is 2. The molecule has 2 N–H and O–H groups in total. The molecule has 4 nitrogen and oxygen atoms in total. The molecule has 2 rings (SSSR count). The molecule has 0 spiro atoms. The lowest BCUT2D eigenvalue weighted by Gasteiger charge is -2.26. The van der Waals surface area contributed by atoms with Crippen molar-refractivity contribution >= 4 is 39.9 Å². The topological polar surface area (TPSA) is 44.4 Å². The lowest BCUT2D eigenvalue weighted by atomic mass is 10.1. The first-order valence-corrected chi connectivity index (χ1v) is 8.32. The van der Waals surface area contributed by atoms with Crippen LogP contribution in [0.5, 0.6) is 0 Å². The molecule has 1 aliphatic rings. The fourth-order valence-electron chi connectivity index (χ4n) is 2.71. The van der Waals surface area contributed by atoms with Gasteiger partial charge in [0.2, 0.25) is 5.91 Å². The summed E-state index contributed by atoms with van der Waals surface area (Å²) in [5, 5.41) is 6.38. The minimum atomic E-state index is 0. The molecule has 1 unspecified atom stereocenters. The van der Waals surface area contributed by atoms with Gasteiger partial charge in [-0.05, 0) is 79.9 Å². The first-order chi connectivity index (χ1) is 10.1. The number of aryl methyl sites for hydroxylation is 1. The first kappa shape index (κ1) is 19.4. The fourth-order valence-corrected chi connectivity index (χ4v) is 3.30. The maximum absolute atomic E-state index is 12.2. The molecule has 1 aliphatic heterocycles. The van der Waals surface area contributed by atoms with Gasteiger partial charge in [-0.3, -0.25) is 9.69 Å². The molecular weight excluding hydrogens is 366 g/mol. The maximum atomic E-state index is 12.2. The monoisotopic (exact) mass is 389 g/mol. The van der Waals surface area contributed by atoms with Gasteiger partial charge in [0.05, 0.1) is 12.2 Å². The van der Waals surface area contributed by atoms with Crippen LogP contribution < -0.4 is 10.6 Å². The summed E-state index contributed by atoms with van der Waals surface area (Å²) in [7, 11) is 2.04. The molecule has 1 saturated heterocycles. The van der Waals surface area contributed by atoms with E-state index in [0.29, 0.717) is 12.6 Å². The Labute approximate surface area is 147 Å². The molecule has 1 amide bonds. The molecule has 0 bridgehead atoms. The number of rotatable bonds is 4. The van der Waals surface area contributed by atoms with Crippen LogP contribution >= 0.6 is 28.3 Å². The highest BCUT2D eigenvalue weighted by Crippen LogP contribution is 2.23. The molecule has 0 aromatic heterocycles. The molecule has 1 aromatic rings. The SMILES string of the molecule is Cc1ccc(NC(=O)CN(C)C2CCCNCC2)c(Br)c1.Cl. The minimum Gasteiger partial charge on any atom is -0.324 e. The molecule has 1 aromatic carbocycles. The van der Waals surface area contributed by atoms with Gasteiger partial charge in [0.25, 0.3) is 0 Å². The van der Waals surface area contributed by atoms with Crippen LogP contribution in [0.2, 0.25) is 0 Å². The van der Waals surface area contributed by atoms with Crippen LogP contribution in [0.1, 0.15) is 24.8 Å². The van der Waals surface area contributed by atoms with E-state index < -0.39 is 0 Å². The zero-order chi connectivity index (χ0) is 15.2. The van der Waals surface area contributed by atoms with E-state index in [4.69, 9.17) is 0 Å². The molecule has 6 heteroatoms. The van der Waals surface area contributed by atoms with Gasteiger partial charge < -0.3 is 10.6 Å². The molecular formula is C16H25BrClN3O. The van der Waals surface area contributed by atoms with Gasteiger partial charge in [0, 0.05) is 10.5 Å². The maximum Gasteiger partial charge on any atom is 0.238 e. The number of likely N-dealkylation sites (N-methyl/N-ethyl adjacent to an activating group) is 1. The number of anilines is 1. The largest absolute Gasteiger partial charge is 0.324 e. The van der Waals surface area contributed by atoms with Crippen LogP contribution in [0.3, 0.4) is 0 Å². The summed E-state index contributed by atoms with van der Waals surface area (Å²) in [6, 6.07) is 6.44. The van der Waals surface area contributed by atoms with Crippen molar-refractivity contribution in [1.82, 2.24) is 10.2 Å². The van der Waals surface area contributed by atoms with E-state index in [-0.39, 0.29) is 18.3 Å². The summed E-state index contributed by atoms with van der Waals surface area (Å²) < 4.78 is 0.928. The molecule has 1 heterocycles. The van der Waals surface area contributed by atoms with Crippen LogP contribution in [0.25, 0.3) is 0 Å². The highest BCUT2D eigenvalue weighted by Gasteiger charge is 2.19. The van der Waals surface area contributed by atoms with E-state index in [1.165, 1.54) is 12.0 Å². The normalized spacial score (nSPS) is 18.5. The molecule has 1 fully saturated rings. The fraction of sp³-hybridized carbons (Fsp3) is 0.562.